The predicted octanol–water partition coefficient (Wildman–Crippen LogP) is 4.28. The van der Waals surface area contributed by atoms with E-state index in [2.05, 4.69) is 0 Å². The molecule has 0 N–H and O–H groups in total. The molecular formula is C27H33N3O4. The van der Waals surface area contributed by atoms with Crippen molar-refractivity contribution >= 4 is 22.8 Å². The molecule has 0 saturated carbocycles. The summed E-state index contributed by atoms with van der Waals surface area (Å²) >= 11 is 0. The number of amides is 1. The highest BCUT2D eigenvalue weighted by molar-refractivity contribution is 5.82. The van der Waals surface area contributed by atoms with Crippen LogP contribution in [0.25, 0.3) is 10.9 Å². The fourth-order valence-corrected chi connectivity index (χ4v) is 4.10. The third kappa shape index (κ3) is 6.10. The van der Waals surface area contributed by atoms with Gasteiger partial charge < -0.3 is 9.64 Å². The Hall–Kier alpha value is -3.48. The van der Waals surface area contributed by atoms with Crippen molar-refractivity contribution in [1.29, 1.82) is 0 Å². The van der Waals surface area contributed by atoms with Crippen LogP contribution in [0.5, 0.6) is 0 Å². The summed E-state index contributed by atoms with van der Waals surface area (Å²) in [5.74, 6) is 0.00303. The second-order valence-electron chi connectivity index (χ2n) is 8.25. The topological polar surface area (TPSA) is 81.5 Å². The largest absolute Gasteiger partial charge is 0.466 e. The van der Waals surface area contributed by atoms with Gasteiger partial charge in [0.05, 0.1) is 30.0 Å². The standard InChI is InChI=1S/C27H33N3O4/c1-4-18-30-26(28-23-14-10-9-13-22(23)27(30)33)20(3)29(19-17-21-11-7-6-8-12-21)24(31)15-16-25(32)34-5-2/h6-14,20H,4-5,15-19H2,1-3H3. The van der Waals surface area contributed by atoms with Gasteiger partial charge >= 0.3 is 5.97 Å². The molecule has 0 radical (unpaired) electrons. The van der Waals surface area contributed by atoms with Gasteiger partial charge in [-0.25, -0.2) is 4.98 Å². The van der Waals surface area contributed by atoms with Crippen molar-refractivity contribution < 1.29 is 14.3 Å². The van der Waals surface area contributed by atoms with Crippen molar-refractivity contribution in [2.24, 2.45) is 0 Å². The first-order chi connectivity index (χ1) is 16.5. The average molecular weight is 464 g/mol. The van der Waals surface area contributed by atoms with Crippen LogP contribution in [0.1, 0.15) is 57.5 Å². The van der Waals surface area contributed by atoms with Crippen molar-refractivity contribution in [1.82, 2.24) is 14.5 Å². The van der Waals surface area contributed by atoms with Gasteiger partial charge in [-0.3, -0.25) is 19.0 Å². The summed E-state index contributed by atoms with van der Waals surface area (Å²) < 4.78 is 6.68. The molecule has 1 heterocycles. The minimum absolute atomic E-state index is 0.0220. The number of esters is 1. The number of rotatable bonds is 11. The Kier molecular flexibility index (Phi) is 8.96. The van der Waals surface area contributed by atoms with Gasteiger partial charge in [-0.15, -0.1) is 0 Å². The minimum atomic E-state index is -0.442. The van der Waals surface area contributed by atoms with Crippen LogP contribution in [-0.2, 0) is 27.3 Å². The number of fused-ring (bicyclic) bond motifs is 1. The van der Waals surface area contributed by atoms with Crippen LogP contribution < -0.4 is 5.56 Å². The van der Waals surface area contributed by atoms with E-state index in [0.29, 0.717) is 36.2 Å². The summed E-state index contributed by atoms with van der Waals surface area (Å²) in [6.45, 7) is 6.89. The quantitative estimate of drug-likeness (QED) is 0.397. The molecule has 0 aliphatic carbocycles. The van der Waals surface area contributed by atoms with Crippen LogP contribution in [0.3, 0.4) is 0 Å². The summed E-state index contributed by atoms with van der Waals surface area (Å²) in [5, 5.41) is 0.566. The molecule has 1 unspecified atom stereocenters. The Morgan fingerprint density at radius 3 is 2.44 bits per heavy atom. The van der Waals surface area contributed by atoms with E-state index in [1.54, 1.807) is 22.5 Å². The first-order valence-electron chi connectivity index (χ1n) is 11.9. The van der Waals surface area contributed by atoms with Crippen molar-refractivity contribution in [3.05, 3.63) is 76.3 Å². The van der Waals surface area contributed by atoms with Crippen LogP contribution in [-0.4, -0.2) is 39.5 Å². The molecule has 0 saturated heterocycles. The Bertz CT molecular complexity index is 1170. The molecule has 34 heavy (non-hydrogen) atoms. The summed E-state index contributed by atoms with van der Waals surface area (Å²) in [4.78, 5) is 45.0. The zero-order valence-electron chi connectivity index (χ0n) is 20.2. The number of hydrogen-bond acceptors (Lipinski definition) is 5. The van der Waals surface area contributed by atoms with Gasteiger partial charge in [0.25, 0.3) is 5.56 Å². The molecule has 0 aliphatic rings. The van der Waals surface area contributed by atoms with Gasteiger partial charge in [-0.1, -0.05) is 49.4 Å². The lowest BCUT2D eigenvalue weighted by molar-refractivity contribution is -0.146. The van der Waals surface area contributed by atoms with E-state index in [9.17, 15) is 14.4 Å². The Labute approximate surface area is 200 Å². The van der Waals surface area contributed by atoms with Gasteiger partial charge in [0.1, 0.15) is 5.82 Å². The van der Waals surface area contributed by atoms with Gasteiger partial charge in [-0.05, 0) is 44.4 Å². The first kappa shape index (κ1) is 25.1. The van der Waals surface area contributed by atoms with Crippen LogP contribution >= 0.6 is 0 Å². The van der Waals surface area contributed by atoms with E-state index in [1.807, 2.05) is 62.4 Å². The first-order valence-corrected chi connectivity index (χ1v) is 11.9. The predicted molar refractivity (Wildman–Crippen MR) is 132 cm³/mol. The van der Waals surface area contributed by atoms with Crippen LogP contribution in [0.15, 0.2) is 59.4 Å². The van der Waals surface area contributed by atoms with Gasteiger partial charge in [-0.2, -0.15) is 0 Å². The molecule has 0 bridgehead atoms. The maximum absolute atomic E-state index is 13.3. The molecule has 1 amide bonds. The minimum Gasteiger partial charge on any atom is -0.466 e. The monoisotopic (exact) mass is 463 g/mol. The summed E-state index contributed by atoms with van der Waals surface area (Å²) in [5.41, 5.74) is 1.62. The second kappa shape index (κ2) is 12.1. The molecule has 0 fully saturated rings. The highest BCUT2D eigenvalue weighted by atomic mass is 16.5. The van der Waals surface area contributed by atoms with Crippen molar-refractivity contribution in [3.8, 4) is 0 Å². The number of carbonyl (C=O) groups is 2. The number of hydrogen-bond donors (Lipinski definition) is 0. The third-order valence-electron chi connectivity index (χ3n) is 5.83. The molecule has 3 rings (SSSR count). The molecule has 0 spiro atoms. The molecule has 3 aromatic rings. The summed E-state index contributed by atoms with van der Waals surface area (Å²) in [6.07, 6.45) is 1.49. The fraction of sp³-hybridized carbons (Fsp3) is 0.407. The highest BCUT2D eigenvalue weighted by Gasteiger charge is 2.26. The lowest BCUT2D eigenvalue weighted by Crippen LogP contribution is -2.39. The van der Waals surface area contributed by atoms with Gasteiger partial charge in [0.15, 0.2) is 0 Å². The Morgan fingerprint density at radius 1 is 1.03 bits per heavy atom. The zero-order chi connectivity index (χ0) is 24.5. The third-order valence-corrected chi connectivity index (χ3v) is 5.83. The zero-order valence-corrected chi connectivity index (χ0v) is 20.2. The van der Waals surface area contributed by atoms with Crippen molar-refractivity contribution in [2.45, 2.75) is 59.0 Å². The molecule has 7 heteroatoms. The molecule has 7 nitrogen and oxygen atoms in total. The molecule has 180 valence electrons. The normalized spacial score (nSPS) is 11.9. The number of carbonyl (C=O) groups excluding carboxylic acids is 2. The Morgan fingerprint density at radius 2 is 1.74 bits per heavy atom. The number of nitrogens with zero attached hydrogens (tertiary/aromatic N) is 3. The number of ether oxygens (including phenoxy) is 1. The van der Waals surface area contributed by atoms with E-state index in [4.69, 9.17) is 9.72 Å². The van der Waals surface area contributed by atoms with E-state index in [0.717, 1.165) is 12.0 Å². The lowest BCUT2D eigenvalue weighted by Gasteiger charge is -2.31. The number of benzene rings is 2. The number of para-hydroxylation sites is 1. The van der Waals surface area contributed by atoms with E-state index >= 15 is 0 Å². The highest BCUT2D eigenvalue weighted by Crippen LogP contribution is 2.22. The molecule has 0 aliphatic heterocycles. The van der Waals surface area contributed by atoms with Gasteiger partial charge in [0, 0.05) is 19.5 Å². The van der Waals surface area contributed by atoms with E-state index in [-0.39, 0.29) is 30.9 Å². The Balaban J connectivity index is 1.96. The van der Waals surface area contributed by atoms with Crippen molar-refractivity contribution in [3.63, 3.8) is 0 Å². The molecular weight excluding hydrogens is 430 g/mol. The van der Waals surface area contributed by atoms with E-state index in [1.165, 1.54) is 0 Å². The number of aromatic nitrogens is 2. The van der Waals surface area contributed by atoms with Gasteiger partial charge in [0.2, 0.25) is 5.91 Å². The maximum atomic E-state index is 13.3. The van der Waals surface area contributed by atoms with Crippen molar-refractivity contribution in [2.75, 3.05) is 13.2 Å². The smallest absolute Gasteiger partial charge is 0.306 e. The average Bonchev–Trinajstić information content (AvgIpc) is 2.85. The van der Waals surface area contributed by atoms with Crippen LogP contribution in [0.2, 0.25) is 0 Å². The SMILES string of the molecule is CCCn1c(C(C)N(CCc2ccccc2)C(=O)CCC(=O)OCC)nc2ccccc2c1=O. The summed E-state index contributed by atoms with van der Waals surface area (Å²) in [7, 11) is 0. The molecule has 1 aromatic heterocycles. The van der Waals surface area contributed by atoms with Crippen LogP contribution in [0.4, 0.5) is 0 Å². The summed E-state index contributed by atoms with van der Waals surface area (Å²) in [6, 6.07) is 16.8. The van der Waals surface area contributed by atoms with Crippen LogP contribution in [0, 0.1) is 0 Å². The molecule has 2 aromatic carbocycles. The fourth-order valence-electron chi connectivity index (χ4n) is 4.10. The molecule has 1 atom stereocenters. The lowest BCUT2D eigenvalue weighted by atomic mass is 10.1. The second-order valence-corrected chi connectivity index (χ2v) is 8.25. The maximum Gasteiger partial charge on any atom is 0.306 e. The van der Waals surface area contributed by atoms with E-state index < -0.39 is 12.0 Å².